The molecule has 2 nitrogen and oxygen atoms in total. The normalized spacial score (nSPS) is 13.0. The van der Waals surface area contributed by atoms with Crippen LogP contribution in [0.3, 0.4) is 0 Å². The molecule has 2 rings (SSSR count). The summed E-state index contributed by atoms with van der Waals surface area (Å²) in [4.78, 5) is 0. The maximum atomic E-state index is 13.5. The van der Waals surface area contributed by atoms with Crippen LogP contribution in [-0.4, -0.2) is 11.5 Å². The van der Waals surface area contributed by atoms with Gasteiger partial charge in [0.15, 0.2) is 0 Å². The van der Waals surface area contributed by atoms with Gasteiger partial charge in [-0.25, -0.2) is 8.78 Å². The van der Waals surface area contributed by atoms with E-state index in [2.05, 4.69) is 4.74 Å². The van der Waals surface area contributed by atoms with Crippen molar-refractivity contribution in [2.45, 2.75) is 12.5 Å². The molecule has 0 heterocycles. The molecular weight excluding hydrogens is 295 g/mol. The molecule has 1 N–H and O–H groups in total. The molecule has 0 radical (unpaired) electrons. The quantitative estimate of drug-likeness (QED) is 0.870. The van der Waals surface area contributed by atoms with Gasteiger partial charge in [0.25, 0.3) is 0 Å². The number of benzene rings is 2. The molecule has 0 fully saturated rings. The van der Waals surface area contributed by atoms with Crippen molar-refractivity contribution in [2.24, 2.45) is 0 Å². The topological polar surface area (TPSA) is 29.5 Å². The third-order valence-electron chi connectivity index (χ3n) is 2.66. The van der Waals surface area contributed by atoms with Crippen LogP contribution in [0.2, 0.25) is 0 Å². The Kier molecular flexibility index (Phi) is 4.13. The summed E-state index contributed by atoms with van der Waals surface area (Å²) in [5.41, 5.74) is -0.430. The second-order valence-electron chi connectivity index (χ2n) is 4.19. The van der Waals surface area contributed by atoms with E-state index < -0.39 is 29.9 Å². The van der Waals surface area contributed by atoms with Gasteiger partial charge in [0.1, 0.15) is 23.5 Å². The summed E-state index contributed by atoms with van der Waals surface area (Å²) in [6.07, 6.45) is -6.49. The highest BCUT2D eigenvalue weighted by atomic mass is 19.4. The van der Waals surface area contributed by atoms with E-state index in [9.17, 15) is 27.1 Å². The molecule has 0 bridgehead atoms. The van der Waals surface area contributed by atoms with Crippen LogP contribution in [0.15, 0.2) is 42.5 Å². The van der Waals surface area contributed by atoms with Crippen LogP contribution in [-0.2, 0) is 0 Å². The monoisotopic (exact) mass is 304 g/mol. The van der Waals surface area contributed by atoms with E-state index in [0.29, 0.717) is 0 Å². The van der Waals surface area contributed by atoms with Gasteiger partial charge >= 0.3 is 6.36 Å². The Balaban J connectivity index is 2.33. The largest absolute Gasteiger partial charge is 0.573 e. The Morgan fingerprint density at radius 3 is 2.38 bits per heavy atom. The first-order chi connectivity index (χ1) is 9.76. The third-order valence-corrected chi connectivity index (χ3v) is 2.66. The van der Waals surface area contributed by atoms with Gasteiger partial charge in [0, 0.05) is 5.56 Å². The zero-order chi connectivity index (χ0) is 15.6. The zero-order valence-electron chi connectivity index (χ0n) is 10.4. The van der Waals surface area contributed by atoms with Gasteiger partial charge in [-0.05, 0) is 35.9 Å². The molecule has 0 amide bonds. The van der Waals surface area contributed by atoms with Crippen LogP contribution in [0.1, 0.15) is 17.2 Å². The number of alkyl halides is 3. The van der Waals surface area contributed by atoms with E-state index in [1.807, 2.05) is 0 Å². The van der Waals surface area contributed by atoms with Crippen LogP contribution >= 0.6 is 0 Å². The van der Waals surface area contributed by atoms with E-state index in [-0.39, 0.29) is 11.1 Å². The molecule has 0 saturated carbocycles. The van der Waals surface area contributed by atoms with Crippen molar-refractivity contribution in [1.29, 1.82) is 0 Å². The molecule has 1 atom stereocenters. The number of aliphatic hydroxyl groups is 1. The lowest BCUT2D eigenvalue weighted by molar-refractivity contribution is -0.274. The Hall–Kier alpha value is -2.15. The first kappa shape index (κ1) is 15.2. The van der Waals surface area contributed by atoms with E-state index in [4.69, 9.17) is 0 Å². The van der Waals surface area contributed by atoms with E-state index in [1.165, 1.54) is 12.1 Å². The molecule has 2 aromatic carbocycles. The first-order valence-electron chi connectivity index (χ1n) is 5.75. The van der Waals surface area contributed by atoms with Gasteiger partial charge < -0.3 is 9.84 Å². The molecule has 0 aromatic heterocycles. The molecule has 7 heteroatoms. The van der Waals surface area contributed by atoms with Crippen molar-refractivity contribution in [1.82, 2.24) is 0 Å². The van der Waals surface area contributed by atoms with Gasteiger partial charge in [0.2, 0.25) is 0 Å². The number of rotatable bonds is 3. The van der Waals surface area contributed by atoms with Crippen LogP contribution in [0.4, 0.5) is 22.0 Å². The fourth-order valence-electron chi connectivity index (χ4n) is 1.79. The molecule has 0 saturated heterocycles. The van der Waals surface area contributed by atoms with Crippen LogP contribution in [0.25, 0.3) is 0 Å². The van der Waals surface area contributed by atoms with E-state index >= 15 is 0 Å². The Morgan fingerprint density at radius 2 is 1.71 bits per heavy atom. The maximum Gasteiger partial charge on any atom is 0.573 e. The molecule has 21 heavy (non-hydrogen) atoms. The average Bonchev–Trinajstić information content (AvgIpc) is 2.39. The van der Waals surface area contributed by atoms with Gasteiger partial charge in [0.05, 0.1) is 0 Å². The predicted octanol–water partition coefficient (Wildman–Crippen LogP) is 3.95. The van der Waals surface area contributed by atoms with E-state index in [1.54, 1.807) is 0 Å². The fraction of sp³-hybridized carbons (Fsp3) is 0.143. The molecule has 0 spiro atoms. The Morgan fingerprint density at radius 1 is 1.00 bits per heavy atom. The Labute approximate surface area is 116 Å². The minimum atomic E-state index is -4.88. The summed E-state index contributed by atoms with van der Waals surface area (Å²) in [6.45, 7) is 0. The second kappa shape index (κ2) is 5.69. The summed E-state index contributed by atoms with van der Waals surface area (Å²) >= 11 is 0. The van der Waals surface area contributed by atoms with E-state index in [0.717, 1.165) is 30.3 Å². The maximum absolute atomic E-state index is 13.5. The number of hydrogen-bond donors (Lipinski definition) is 1. The summed E-state index contributed by atoms with van der Waals surface area (Å²) < 4.78 is 66.7. The zero-order valence-corrected chi connectivity index (χ0v) is 10.4. The van der Waals surface area contributed by atoms with Crippen molar-refractivity contribution in [2.75, 3.05) is 0 Å². The smallest absolute Gasteiger partial charge is 0.406 e. The average molecular weight is 304 g/mol. The Bertz CT molecular complexity index is 640. The van der Waals surface area contributed by atoms with Gasteiger partial charge in [-0.2, -0.15) is 0 Å². The number of ether oxygens (including phenoxy) is 1. The highest BCUT2D eigenvalue weighted by molar-refractivity contribution is 5.36. The molecule has 0 aliphatic rings. The molecule has 0 aliphatic heterocycles. The molecule has 1 unspecified atom stereocenters. The van der Waals surface area contributed by atoms with Crippen LogP contribution in [0.5, 0.6) is 5.75 Å². The summed E-state index contributed by atoms with van der Waals surface area (Å²) in [6, 6.07) is 6.89. The predicted molar refractivity (Wildman–Crippen MR) is 63.5 cm³/mol. The van der Waals surface area contributed by atoms with Crippen molar-refractivity contribution < 1.29 is 31.8 Å². The second-order valence-corrected chi connectivity index (χ2v) is 4.19. The number of halogens is 5. The lowest BCUT2D eigenvalue weighted by atomic mass is 10.0. The van der Waals surface area contributed by atoms with Gasteiger partial charge in [-0.1, -0.05) is 12.1 Å². The fourth-order valence-corrected chi connectivity index (χ4v) is 1.79. The van der Waals surface area contributed by atoms with Gasteiger partial charge in [-0.3, -0.25) is 0 Å². The van der Waals surface area contributed by atoms with Crippen LogP contribution in [0, 0.1) is 11.6 Å². The minimum Gasteiger partial charge on any atom is -0.406 e. The summed E-state index contributed by atoms with van der Waals surface area (Å²) in [7, 11) is 0. The van der Waals surface area contributed by atoms with Crippen molar-refractivity contribution >= 4 is 0 Å². The SMILES string of the molecule is OC(c1cccc(OC(F)(F)F)c1)c1cc(F)ccc1F. The molecule has 0 aliphatic carbocycles. The standard InChI is InChI=1S/C14H9F5O2/c15-9-4-5-12(16)11(7-9)13(20)8-2-1-3-10(6-8)21-14(17,18)19/h1-7,13,20H. The highest BCUT2D eigenvalue weighted by Crippen LogP contribution is 2.29. The molecular formula is C14H9F5O2. The summed E-state index contributed by atoms with van der Waals surface area (Å²) in [5, 5.41) is 9.98. The lowest BCUT2D eigenvalue weighted by Crippen LogP contribution is -2.17. The number of aliphatic hydroxyl groups excluding tert-OH is 1. The van der Waals surface area contributed by atoms with Gasteiger partial charge in [-0.15, -0.1) is 13.2 Å². The molecule has 112 valence electrons. The number of hydrogen-bond acceptors (Lipinski definition) is 2. The van der Waals surface area contributed by atoms with Crippen molar-refractivity contribution in [3.8, 4) is 5.75 Å². The highest BCUT2D eigenvalue weighted by Gasteiger charge is 2.31. The minimum absolute atomic E-state index is 0.0544. The molecule has 2 aromatic rings. The third kappa shape index (κ3) is 3.91. The summed E-state index contributed by atoms with van der Waals surface area (Å²) in [5.74, 6) is -2.20. The first-order valence-corrected chi connectivity index (χ1v) is 5.75. The lowest BCUT2D eigenvalue weighted by Gasteiger charge is -2.15. The van der Waals surface area contributed by atoms with Crippen LogP contribution < -0.4 is 4.74 Å². The van der Waals surface area contributed by atoms with Crippen molar-refractivity contribution in [3.63, 3.8) is 0 Å². The van der Waals surface area contributed by atoms with Crippen molar-refractivity contribution in [3.05, 3.63) is 65.2 Å².